The molecule has 1 fully saturated rings. The molecule has 1 aromatic heterocycles. The van der Waals surface area contributed by atoms with Crippen molar-refractivity contribution in [2.24, 2.45) is 4.99 Å². The molecule has 1 aromatic carbocycles. The summed E-state index contributed by atoms with van der Waals surface area (Å²) in [5.74, 6) is 0. The number of para-hydroxylation sites is 1. The Bertz CT molecular complexity index is 900. The van der Waals surface area contributed by atoms with Crippen LogP contribution in [0.2, 0.25) is 0 Å². The summed E-state index contributed by atoms with van der Waals surface area (Å²) in [5, 5.41) is 0. The van der Waals surface area contributed by atoms with Crippen molar-refractivity contribution in [1.29, 1.82) is 0 Å². The number of aromatic nitrogens is 1. The number of halogens is 1. The standard InChI is InChI=1S/C20H21BrN4/c1-23-10-12-24(13-11-23)16-6-3-7-17-18(16)22-20(21)15-5-2-4-14-8-9-25(17)19(14)15/h3,5-9H,2,4,10-13H2,1H3. The summed E-state index contributed by atoms with van der Waals surface area (Å²) in [6.45, 7) is 4.29. The highest BCUT2D eigenvalue weighted by molar-refractivity contribution is 9.18. The number of rotatable bonds is 1. The van der Waals surface area contributed by atoms with Crippen molar-refractivity contribution in [3.63, 3.8) is 0 Å². The molecule has 2 aliphatic heterocycles. The molecular weight excluding hydrogens is 376 g/mol. The van der Waals surface area contributed by atoms with Crippen LogP contribution in [0, 0.1) is 0 Å². The van der Waals surface area contributed by atoms with E-state index in [4.69, 9.17) is 4.99 Å². The number of fused-ring (bicyclic) bond motifs is 2. The van der Waals surface area contributed by atoms with E-state index < -0.39 is 0 Å². The minimum atomic E-state index is 0.953. The summed E-state index contributed by atoms with van der Waals surface area (Å²) in [6.07, 6.45) is 6.71. The van der Waals surface area contributed by atoms with Gasteiger partial charge < -0.3 is 14.4 Å². The zero-order chi connectivity index (χ0) is 17.0. The lowest BCUT2D eigenvalue weighted by Gasteiger charge is -2.35. The highest BCUT2D eigenvalue weighted by atomic mass is 79.9. The SMILES string of the molecule is CN1CCN(c2cccc3c2N=C(Br)C2=CCCc4ccn-3c42)CC1. The number of aliphatic imine (C=N–C) groups is 1. The van der Waals surface area contributed by atoms with Crippen LogP contribution in [-0.4, -0.2) is 47.3 Å². The van der Waals surface area contributed by atoms with Gasteiger partial charge in [-0.3, -0.25) is 0 Å². The lowest BCUT2D eigenvalue weighted by Crippen LogP contribution is -2.44. The van der Waals surface area contributed by atoms with Gasteiger partial charge in [-0.15, -0.1) is 0 Å². The Labute approximate surface area is 156 Å². The summed E-state index contributed by atoms with van der Waals surface area (Å²) in [4.78, 5) is 9.90. The van der Waals surface area contributed by atoms with Crippen LogP contribution in [0.25, 0.3) is 11.3 Å². The summed E-state index contributed by atoms with van der Waals surface area (Å²) < 4.78 is 3.28. The molecule has 0 spiro atoms. The second kappa shape index (κ2) is 5.85. The van der Waals surface area contributed by atoms with Gasteiger partial charge in [-0.2, -0.15) is 0 Å². The topological polar surface area (TPSA) is 23.8 Å². The molecule has 2 aromatic rings. The van der Waals surface area contributed by atoms with E-state index in [0.29, 0.717) is 0 Å². The summed E-state index contributed by atoms with van der Waals surface area (Å²) in [6, 6.07) is 8.84. The molecule has 1 saturated heterocycles. The van der Waals surface area contributed by atoms with E-state index in [9.17, 15) is 0 Å². The molecule has 3 heterocycles. The Hall–Kier alpha value is -1.85. The number of benzene rings is 1. The van der Waals surface area contributed by atoms with Crippen LogP contribution in [0.1, 0.15) is 17.7 Å². The van der Waals surface area contributed by atoms with Crippen LogP contribution in [0.4, 0.5) is 11.4 Å². The Balaban J connectivity index is 1.70. The van der Waals surface area contributed by atoms with Crippen molar-refractivity contribution in [2.75, 3.05) is 38.1 Å². The zero-order valence-electron chi connectivity index (χ0n) is 14.4. The number of likely N-dealkylation sites (N-methyl/N-ethyl adjacent to an activating group) is 1. The van der Waals surface area contributed by atoms with Gasteiger partial charge in [0.25, 0.3) is 0 Å². The van der Waals surface area contributed by atoms with Gasteiger partial charge in [-0.25, -0.2) is 4.99 Å². The average Bonchev–Trinajstić information content (AvgIpc) is 3.01. The second-order valence-corrected chi connectivity index (χ2v) is 7.81. The van der Waals surface area contributed by atoms with Crippen LogP contribution >= 0.6 is 15.9 Å². The minimum absolute atomic E-state index is 0.953. The smallest absolute Gasteiger partial charge is 0.115 e. The number of hydrogen-bond donors (Lipinski definition) is 0. The number of piperazine rings is 1. The third-order valence-electron chi connectivity index (χ3n) is 5.52. The quantitative estimate of drug-likeness (QED) is 0.727. The second-order valence-electron chi connectivity index (χ2n) is 7.05. The summed E-state index contributed by atoms with van der Waals surface area (Å²) in [5.41, 5.74) is 7.45. The molecule has 3 aliphatic rings. The van der Waals surface area contributed by atoms with Crippen molar-refractivity contribution in [2.45, 2.75) is 12.8 Å². The number of hydrogen-bond acceptors (Lipinski definition) is 3. The molecule has 0 radical (unpaired) electrons. The minimum Gasteiger partial charge on any atom is -0.367 e. The molecule has 0 N–H and O–H groups in total. The van der Waals surface area contributed by atoms with E-state index in [1.165, 1.54) is 28.2 Å². The Kier molecular flexibility index (Phi) is 3.61. The fourth-order valence-corrected chi connectivity index (χ4v) is 4.64. The van der Waals surface area contributed by atoms with Gasteiger partial charge in [0.1, 0.15) is 10.3 Å². The molecule has 4 nitrogen and oxygen atoms in total. The molecule has 0 unspecified atom stereocenters. The fraction of sp³-hybridized carbons (Fsp3) is 0.350. The summed E-state index contributed by atoms with van der Waals surface area (Å²) in [7, 11) is 2.19. The van der Waals surface area contributed by atoms with Gasteiger partial charge in [0, 0.05) is 37.9 Å². The normalized spacial score (nSPS) is 19.7. The Morgan fingerprint density at radius 2 is 1.84 bits per heavy atom. The molecule has 0 bridgehead atoms. The summed E-state index contributed by atoms with van der Waals surface area (Å²) >= 11 is 3.77. The lowest BCUT2D eigenvalue weighted by atomic mass is 9.98. The maximum atomic E-state index is 5.04. The number of aryl methyl sites for hydroxylation is 1. The van der Waals surface area contributed by atoms with Crippen LogP contribution in [-0.2, 0) is 6.42 Å². The first-order chi connectivity index (χ1) is 12.2. The van der Waals surface area contributed by atoms with Crippen molar-refractivity contribution in [1.82, 2.24) is 9.47 Å². The van der Waals surface area contributed by atoms with Crippen molar-refractivity contribution in [3.8, 4) is 5.69 Å². The van der Waals surface area contributed by atoms with Gasteiger partial charge in [-0.1, -0.05) is 12.1 Å². The van der Waals surface area contributed by atoms with Gasteiger partial charge in [-0.05, 0) is 59.6 Å². The molecule has 25 heavy (non-hydrogen) atoms. The molecule has 1 aliphatic carbocycles. The van der Waals surface area contributed by atoms with Crippen LogP contribution in [0.3, 0.4) is 0 Å². The highest BCUT2D eigenvalue weighted by Crippen LogP contribution is 2.43. The number of anilines is 1. The van der Waals surface area contributed by atoms with Crippen LogP contribution < -0.4 is 4.90 Å². The molecule has 128 valence electrons. The van der Waals surface area contributed by atoms with E-state index in [1.54, 1.807) is 0 Å². The number of nitrogens with zero attached hydrogens (tertiary/aromatic N) is 4. The fourth-order valence-electron chi connectivity index (χ4n) is 4.12. The lowest BCUT2D eigenvalue weighted by molar-refractivity contribution is 0.313. The van der Waals surface area contributed by atoms with E-state index in [2.05, 4.69) is 73.9 Å². The largest absolute Gasteiger partial charge is 0.367 e. The maximum absolute atomic E-state index is 5.04. The third-order valence-corrected chi connectivity index (χ3v) is 6.12. The molecule has 0 amide bonds. The van der Waals surface area contributed by atoms with E-state index in [1.807, 2.05) is 0 Å². The molecule has 5 heteroatoms. The molecule has 5 rings (SSSR count). The monoisotopic (exact) mass is 396 g/mol. The van der Waals surface area contributed by atoms with E-state index in [0.717, 1.165) is 49.3 Å². The number of allylic oxidation sites excluding steroid dienone is 2. The zero-order valence-corrected chi connectivity index (χ0v) is 16.0. The van der Waals surface area contributed by atoms with Crippen LogP contribution in [0.5, 0.6) is 0 Å². The Morgan fingerprint density at radius 3 is 2.68 bits per heavy atom. The van der Waals surface area contributed by atoms with Gasteiger partial charge in [0.15, 0.2) is 0 Å². The molecular formula is C20H21BrN4. The molecule has 0 saturated carbocycles. The van der Waals surface area contributed by atoms with E-state index in [-0.39, 0.29) is 0 Å². The Morgan fingerprint density at radius 1 is 1.04 bits per heavy atom. The first kappa shape index (κ1) is 15.4. The van der Waals surface area contributed by atoms with Crippen molar-refractivity contribution >= 4 is 37.5 Å². The van der Waals surface area contributed by atoms with Crippen LogP contribution in [0.15, 0.2) is 41.5 Å². The maximum Gasteiger partial charge on any atom is 0.115 e. The van der Waals surface area contributed by atoms with E-state index >= 15 is 0 Å². The average molecular weight is 397 g/mol. The van der Waals surface area contributed by atoms with Gasteiger partial charge in [0.2, 0.25) is 0 Å². The predicted molar refractivity (Wildman–Crippen MR) is 108 cm³/mol. The van der Waals surface area contributed by atoms with Crippen molar-refractivity contribution in [3.05, 3.63) is 47.8 Å². The first-order valence-corrected chi connectivity index (χ1v) is 9.74. The van der Waals surface area contributed by atoms with Crippen molar-refractivity contribution < 1.29 is 0 Å². The predicted octanol–water partition coefficient (Wildman–Crippen LogP) is 4.00. The van der Waals surface area contributed by atoms with Gasteiger partial charge in [0.05, 0.1) is 17.1 Å². The highest BCUT2D eigenvalue weighted by Gasteiger charge is 2.27. The first-order valence-electron chi connectivity index (χ1n) is 8.94. The third kappa shape index (κ3) is 2.41. The molecule has 0 atom stereocenters. The van der Waals surface area contributed by atoms with Gasteiger partial charge >= 0.3 is 0 Å².